The van der Waals surface area contributed by atoms with E-state index in [1.807, 2.05) is 11.3 Å². The monoisotopic (exact) mass is 553 g/mol. The van der Waals surface area contributed by atoms with E-state index < -0.39 is 0 Å². The first-order valence-corrected chi connectivity index (χ1v) is 15.9. The second-order valence-electron chi connectivity index (χ2n) is 11.9. The summed E-state index contributed by atoms with van der Waals surface area (Å²) in [6.07, 6.45) is 9.19. The number of aryl methyl sites for hydroxylation is 3. The molecule has 0 amide bonds. The van der Waals surface area contributed by atoms with Crippen molar-refractivity contribution >= 4 is 70.8 Å². The summed E-state index contributed by atoms with van der Waals surface area (Å²) in [6, 6.07) is 39.1. The van der Waals surface area contributed by atoms with Crippen LogP contribution in [0.4, 0.5) is 0 Å². The first-order chi connectivity index (χ1) is 20.8. The molecule has 0 saturated heterocycles. The van der Waals surface area contributed by atoms with Crippen molar-refractivity contribution in [2.45, 2.75) is 25.7 Å². The summed E-state index contributed by atoms with van der Waals surface area (Å²) in [5.74, 6) is 0. The van der Waals surface area contributed by atoms with Crippen molar-refractivity contribution in [3.8, 4) is 16.8 Å². The molecule has 2 aliphatic rings. The van der Waals surface area contributed by atoms with Crippen molar-refractivity contribution in [3.63, 3.8) is 0 Å². The molecule has 0 unspecified atom stereocenters. The maximum absolute atomic E-state index is 2.51. The van der Waals surface area contributed by atoms with Gasteiger partial charge in [0.05, 0.1) is 16.7 Å². The molecule has 2 aromatic heterocycles. The van der Waals surface area contributed by atoms with E-state index in [1.165, 1.54) is 91.8 Å². The summed E-state index contributed by atoms with van der Waals surface area (Å²) in [5.41, 5.74) is 10.8. The van der Waals surface area contributed by atoms with Crippen LogP contribution < -0.4 is 0 Å². The van der Waals surface area contributed by atoms with Crippen LogP contribution >= 0.6 is 11.3 Å². The second kappa shape index (κ2) is 8.44. The van der Waals surface area contributed by atoms with Crippen LogP contribution in [0.15, 0.2) is 109 Å². The van der Waals surface area contributed by atoms with Crippen LogP contribution in [0.5, 0.6) is 0 Å². The number of thiophene rings is 1. The lowest BCUT2D eigenvalue weighted by Gasteiger charge is -2.21. The van der Waals surface area contributed by atoms with Gasteiger partial charge in [-0.25, -0.2) is 0 Å². The highest BCUT2D eigenvalue weighted by atomic mass is 32.1. The highest BCUT2D eigenvalue weighted by Crippen LogP contribution is 2.44. The zero-order valence-corrected chi connectivity index (χ0v) is 24.0. The number of allylic oxidation sites excluding steroid dienone is 1. The second-order valence-corrected chi connectivity index (χ2v) is 13.0. The Bertz CT molecular complexity index is 2470. The molecule has 0 bridgehead atoms. The Kier molecular flexibility index (Phi) is 4.61. The van der Waals surface area contributed by atoms with Gasteiger partial charge in [-0.15, -0.1) is 11.3 Å². The zero-order chi connectivity index (χ0) is 27.4. The quantitative estimate of drug-likeness (QED) is 0.188. The van der Waals surface area contributed by atoms with Gasteiger partial charge in [0.15, 0.2) is 0 Å². The minimum Gasteiger partial charge on any atom is -0.309 e. The van der Waals surface area contributed by atoms with E-state index in [0.717, 1.165) is 25.7 Å². The first-order valence-electron chi connectivity index (χ1n) is 15.0. The third kappa shape index (κ3) is 3.03. The zero-order valence-electron chi connectivity index (χ0n) is 23.2. The normalized spacial score (nSPS) is 14.2. The third-order valence-corrected chi connectivity index (χ3v) is 11.0. The van der Waals surface area contributed by atoms with Crippen molar-refractivity contribution in [1.82, 2.24) is 4.57 Å². The Labute approximate surface area is 248 Å². The Morgan fingerprint density at radius 3 is 2.43 bits per heavy atom. The SMILES string of the molecule is C1=Cc2c(sc3c(-c4ccc5c(c4)c4ccccc4n5-c4ccc5c6c4ccc4cccc(c46)CC5)cccc23)CC1. The van der Waals surface area contributed by atoms with Crippen molar-refractivity contribution in [1.29, 1.82) is 0 Å². The van der Waals surface area contributed by atoms with Gasteiger partial charge in [-0.05, 0) is 93.9 Å². The van der Waals surface area contributed by atoms with Gasteiger partial charge in [0.25, 0.3) is 0 Å². The minimum atomic E-state index is 1.11. The molecule has 10 rings (SSSR count). The van der Waals surface area contributed by atoms with Crippen LogP contribution in [0.25, 0.3) is 76.3 Å². The molecule has 8 aromatic rings. The fraction of sp³-hybridized carbons (Fsp3) is 0.100. The molecule has 2 heterocycles. The molecule has 0 fully saturated rings. The molecule has 1 nitrogen and oxygen atoms in total. The number of rotatable bonds is 2. The van der Waals surface area contributed by atoms with E-state index in [4.69, 9.17) is 0 Å². The number of hydrogen-bond acceptors (Lipinski definition) is 1. The predicted molar refractivity (Wildman–Crippen MR) is 181 cm³/mol. The van der Waals surface area contributed by atoms with Crippen molar-refractivity contribution in [3.05, 3.63) is 131 Å². The van der Waals surface area contributed by atoms with Gasteiger partial charge in [-0.2, -0.15) is 0 Å². The number of hydrogen-bond donors (Lipinski definition) is 0. The largest absolute Gasteiger partial charge is 0.309 e. The van der Waals surface area contributed by atoms with Crippen LogP contribution in [0.1, 0.15) is 28.0 Å². The standard InChI is InChI=1S/C40H27NS/c1-3-13-34-29(9-1)33-23-27(28-11-6-12-31-30-10-2-4-14-37(30)42-40(28)31)19-22-36(33)41(34)35-21-18-26-16-15-24-7-5-8-25-17-20-32(35)39(26)38(24)25/h1-3,5-13,17-23H,4,14-16H2. The Morgan fingerprint density at radius 2 is 1.45 bits per heavy atom. The van der Waals surface area contributed by atoms with E-state index in [9.17, 15) is 0 Å². The summed E-state index contributed by atoms with van der Waals surface area (Å²) >= 11 is 1.99. The lowest BCUT2D eigenvalue weighted by atomic mass is 9.85. The Balaban J connectivity index is 1.26. The molecule has 0 saturated carbocycles. The summed E-state index contributed by atoms with van der Waals surface area (Å²) in [7, 11) is 0. The van der Waals surface area contributed by atoms with Gasteiger partial charge in [0.2, 0.25) is 0 Å². The number of benzene rings is 6. The number of para-hydroxylation sites is 1. The van der Waals surface area contributed by atoms with Crippen LogP contribution in [0.2, 0.25) is 0 Å². The van der Waals surface area contributed by atoms with Crippen molar-refractivity contribution in [2.24, 2.45) is 0 Å². The molecule has 42 heavy (non-hydrogen) atoms. The van der Waals surface area contributed by atoms with Crippen LogP contribution in [0.3, 0.4) is 0 Å². The molecule has 2 heteroatoms. The van der Waals surface area contributed by atoms with E-state index in [-0.39, 0.29) is 0 Å². The number of nitrogens with zero attached hydrogens (tertiary/aromatic N) is 1. The summed E-state index contributed by atoms with van der Waals surface area (Å²) in [5, 5.41) is 9.60. The molecule has 0 atom stereocenters. The van der Waals surface area contributed by atoms with Crippen LogP contribution in [-0.2, 0) is 19.3 Å². The van der Waals surface area contributed by atoms with Gasteiger partial charge in [-0.3, -0.25) is 0 Å². The molecule has 0 aliphatic heterocycles. The molecule has 6 aromatic carbocycles. The van der Waals surface area contributed by atoms with E-state index in [2.05, 4.69) is 120 Å². The lowest BCUT2D eigenvalue weighted by Crippen LogP contribution is -2.04. The van der Waals surface area contributed by atoms with Gasteiger partial charge in [0.1, 0.15) is 0 Å². The summed E-state index contributed by atoms with van der Waals surface area (Å²) in [6.45, 7) is 0. The van der Waals surface area contributed by atoms with E-state index >= 15 is 0 Å². The fourth-order valence-corrected chi connectivity index (χ4v) is 9.17. The molecular weight excluding hydrogens is 527 g/mol. The Hall–Kier alpha value is -4.66. The van der Waals surface area contributed by atoms with Crippen molar-refractivity contribution < 1.29 is 0 Å². The number of fused-ring (bicyclic) bond motifs is 6. The predicted octanol–water partition coefficient (Wildman–Crippen LogP) is 11.0. The van der Waals surface area contributed by atoms with Crippen molar-refractivity contribution in [2.75, 3.05) is 0 Å². The average Bonchev–Trinajstić information content (AvgIpc) is 3.59. The van der Waals surface area contributed by atoms with Crippen LogP contribution in [0, 0.1) is 0 Å². The van der Waals surface area contributed by atoms with Gasteiger partial charge in [0, 0.05) is 31.1 Å². The Morgan fingerprint density at radius 1 is 0.595 bits per heavy atom. The molecule has 0 radical (unpaired) electrons. The highest BCUT2D eigenvalue weighted by Gasteiger charge is 2.21. The minimum absolute atomic E-state index is 1.11. The van der Waals surface area contributed by atoms with E-state index in [1.54, 1.807) is 0 Å². The third-order valence-electron chi connectivity index (χ3n) is 9.71. The fourth-order valence-electron chi connectivity index (χ4n) is 7.83. The highest BCUT2D eigenvalue weighted by molar-refractivity contribution is 7.20. The lowest BCUT2D eigenvalue weighted by molar-refractivity contribution is 0.967. The topological polar surface area (TPSA) is 4.93 Å². The average molecular weight is 554 g/mol. The van der Waals surface area contributed by atoms with Gasteiger partial charge < -0.3 is 4.57 Å². The maximum atomic E-state index is 2.51. The van der Waals surface area contributed by atoms with Crippen LogP contribution in [-0.4, -0.2) is 4.57 Å². The maximum Gasteiger partial charge on any atom is 0.0541 e. The first kappa shape index (κ1) is 23.0. The molecule has 0 N–H and O–H groups in total. The molecule has 0 spiro atoms. The molecule has 198 valence electrons. The summed E-state index contributed by atoms with van der Waals surface area (Å²) < 4.78 is 3.92. The molecular formula is C40H27NS. The van der Waals surface area contributed by atoms with E-state index in [0.29, 0.717) is 0 Å². The smallest absolute Gasteiger partial charge is 0.0541 e. The summed E-state index contributed by atoms with van der Waals surface area (Å²) in [4.78, 5) is 1.52. The molecule has 2 aliphatic carbocycles. The van der Waals surface area contributed by atoms with Gasteiger partial charge >= 0.3 is 0 Å². The van der Waals surface area contributed by atoms with Gasteiger partial charge in [-0.1, -0.05) is 91.0 Å². The number of aromatic nitrogens is 1.